The van der Waals surface area contributed by atoms with Gasteiger partial charge in [-0.15, -0.1) is 5.10 Å². The molecule has 0 radical (unpaired) electrons. The zero-order valence-corrected chi connectivity index (χ0v) is 18.1. The summed E-state index contributed by atoms with van der Waals surface area (Å²) in [5.41, 5.74) is 1.80. The van der Waals surface area contributed by atoms with Gasteiger partial charge in [-0.2, -0.15) is 0 Å². The van der Waals surface area contributed by atoms with Crippen molar-refractivity contribution < 1.29 is 9.13 Å². The Morgan fingerprint density at radius 2 is 1.77 bits per heavy atom. The molecule has 2 aromatic carbocycles. The number of piperazine rings is 1. The topological polar surface area (TPSA) is 59.3 Å². The van der Waals surface area contributed by atoms with Crippen molar-refractivity contribution in [3.05, 3.63) is 65.7 Å². The van der Waals surface area contributed by atoms with Crippen LogP contribution in [0.15, 0.2) is 48.5 Å². The summed E-state index contributed by atoms with van der Waals surface area (Å²) < 4.78 is 21.3. The number of halogens is 1. The van der Waals surface area contributed by atoms with E-state index in [9.17, 15) is 4.39 Å². The average Bonchev–Trinajstić information content (AvgIpc) is 3.26. The molecule has 1 atom stereocenters. The molecule has 3 aromatic rings. The van der Waals surface area contributed by atoms with E-state index >= 15 is 0 Å². The van der Waals surface area contributed by atoms with Crippen LogP contribution in [0.1, 0.15) is 37.2 Å². The molecule has 0 aliphatic carbocycles. The fourth-order valence-electron chi connectivity index (χ4n) is 4.20. The molecule has 1 aromatic heterocycles. The zero-order chi connectivity index (χ0) is 21.6. The van der Waals surface area contributed by atoms with E-state index in [0.717, 1.165) is 56.2 Å². The normalized spacial score (nSPS) is 15.8. The number of hydrogen-bond donors (Lipinski definition) is 0. The molecule has 1 unspecified atom stereocenters. The highest BCUT2D eigenvalue weighted by Crippen LogP contribution is 2.28. The van der Waals surface area contributed by atoms with Crippen LogP contribution in [0.25, 0.3) is 0 Å². The van der Waals surface area contributed by atoms with Crippen molar-refractivity contribution >= 4 is 5.69 Å². The molecule has 164 valence electrons. The molecule has 1 saturated heterocycles. The first-order valence-corrected chi connectivity index (χ1v) is 10.8. The van der Waals surface area contributed by atoms with Crippen molar-refractivity contribution in [3.63, 3.8) is 0 Å². The van der Waals surface area contributed by atoms with Gasteiger partial charge in [-0.3, -0.25) is 4.90 Å². The number of tetrazole rings is 1. The van der Waals surface area contributed by atoms with Crippen LogP contribution >= 0.6 is 0 Å². The Hall–Kier alpha value is -3.00. The number of methoxy groups -OCH3 is 1. The second-order valence-corrected chi connectivity index (χ2v) is 7.82. The third-order valence-electron chi connectivity index (χ3n) is 5.86. The lowest BCUT2D eigenvalue weighted by atomic mass is 10.1. The predicted molar refractivity (Wildman–Crippen MR) is 118 cm³/mol. The van der Waals surface area contributed by atoms with E-state index in [2.05, 4.69) is 32.2 Å². The van der Waals surface area contributed by atoms with Crippen LogP contribution in [-0.2, 0) is 6.54 Å². The summed E-state index contributed by atoms with van der Waals surface area (Å²) in [5, 5.41) is 12.6. The van der Waals surface area contributed by atoms with E-state index in [0.29, 0.717) is 12.2 Å². The first-order chi connectivity index (χ1) is 15.2. The molecule has 1 aliphatic heterocycles. The minimum absolute atomic E-state index is 0.140. The lowest BCUT2D eigenvalue weighted by molar-refractivity contribution is 0.164. The number of hydrogen-bond acceptors (Lipinski definition) is 6. The molecule has 1 aliphatic rings. The lowest BCUT2D eigenvalue weighted by Gasteiger charge is -2.39. The van der Waals surface area contributed by atoms with Crippen molar-refractivity contribution in [2.75, 3.05) is 38.2 Å². The molecule has 0 bridgehead atoms. The number of rotatable bonds is 8. The molecule has 0 N–H and O–H groups in total. The van der Waals surface area contributed by atoms with Crippen molar-refractivity contribution in [1.29, 1.82) is 0 Å². The lowest BCUT2D eigenvalue weighted by Crippen LogP contribution is -2.48. The molecule has 31 heavy (non-hydrogen) atoms. The Morgan fingerprint density at radius 1 is 1.03 bits per heavy atom. The van der Waals surface area contributed by atoms with Gasteiger partial charge >= 0.3 is 0 Å². The van der Waals surface area contributed by atoms with Crippen molar-refractivity contribution in [1.82, 2.24) is 25.1 Å². The monoisotopic (exact) mass is 424 g/mol. The molecule has 0 saturated carbocycles. The van der Waals surface area contributed by atoms with E-state index in [1.54, 1.807) is 13.2 Å². The van der Waals surface area contributed by atoms with Crippen molar-refractivity contribution in [2.24, 2.45) is 0 Å². The fourth-order valence-corrected chi connectivity index (χ4v) is 4.20. The molecular formula is C23H29FN6O. The van der Waals surface area contributed by atoms with Gasteiger partial charge in [-0.25, -0.2) is 9.07 Å². The van der Waals surface area contributed by atoms with Gasteiger partial charge in [0.25, 0.3) is 0 Å². The quantitative estimate of drug-likeness (QED) is 0.551. The van der Waals surface area contributed by atoms with Gasteiger partial charge in [0.05, 0.1) is 25.4 Å². The van der Waals surface area contributed by atoms with Gasteiger partial charge in [0.1, 0.15) is 11.6 Å². The van der Waals surface area contributed by atoms with Crippen LogP contribution in [0.5, 0.6) is 5.75 Å². The summed E-state index contributed by atoms with van der Waals surface area (Å²) >= 11 is 0. The third-order valence-corrected chi connectivity index (χ3v) is 5.86. The molecular weight excluding hydrogens is 395 g/mol. The number of ether oxygens (including phenoxy) is 1. The number of aromatic nitrogens is 4. The van der Waals surface area contributed by atoms with Crippen molar-refractivity contribution in [2.45, 2.75) is 32.4 Å². The van der Waals surface area contributed by atoms with Gasteiger partial charge in [0.2, 0.25) is 0 Å². The second kappa shape index (κ2) is 9.87. The number of para-hydroxylation sites is 1. The van der Waals surface area contributed by atoms with Gasteiger partial charge in [-0.1, -0.05) is 37.6 Å². The third kappa shape index (κ3) is 4.85. The summed E-state index contributed by atoms with van der Waals surface area (Å²) in [4.78, 5) is 4.55. The summed E-state index contributed by atoms with van der Waals surface area (Å²) in [6.45, 7) is 6.03. The van der Waals surface area contributed by atoms with E-state index in [4.69, 9.17) is 4.74 Å². The number of benzene rings is 2. The highest BCUT2D eigenvalue weighted by atomic mass is 19.1. The molecule has 0 spiro atoms. The van der Waals surface area contributed by atoms with Crippen LogP contribution in [0.3, 0.4) is 0 Å². The first-order valence-electron chi connectivity index (χ1n) is 10.8. The van der Waals surface area contributed by atoms with E-state index in [1.165, 1.54) is 6.07 Å². The molecule has 2 heterocycles. The maximum absolute atomic E-state index is 14.2. The van der Waals surface area contributed by atoms with Crippen LogP contribution < -0.4 is 9.64 Å². The van der Waals surface area contributed by atoms with Gasteiger partial charge < -0.3 is 9.64 Å². The van der Waals surface area contributed by atoms with E-state index in [-0.39, 0.29) is 11.9 Å². The highest BCUT2D eigenvalue weighted by molar-refractivity contribution is 5.48. The Balaban J connectivity index is 1.47. The minimum Gasteiger partial charge on any atom is -0.497 e. The fraction of sp³-hybridized carbons (Fsp3) is 0.435. The molecule has 1 fully saturated rings. The van der Waals surface area contributed by atoms with Crippen LogP contribution in [0, 0.1) is 5.82 Å². The maximum atomic E-state index is 14.2. The highest BCUT2D eigenvalue weighted by Gasteiger charge is 2.29. The van der Waals surface area contributed by atoms with Crippen LogP contribution in [0.4, 0.5) is 10.1 Å². The predicted octanol–water partition coefficient (Wildman–Crippen LogP) is 3.53. The molecule has 0 amide bonds. The average molecular weight is 425 g/mol. The van der Waals surface area contributed by atoms with E-state index < -0.39 is 0 Å². The second-order valence-electron chi connectivity index (χ2n) is 7.82. The zero-order valence-electron chi connectivity index (χ0n) is 18.1. The van der Waals surface area contributed by atoms with E-state index in [1.807, 2.05) is 41.1 Å². The summed E-state index contributed by atoms with van der Waals surface area (Å²) in [5.74, 6) is 1.55. The Labute approximate surface area is 182 Å². The van der Waals surface area contributed by atoms with Crippen molar-refractivity contribution in [3.8, 4) is 5.75 Å². The van der Waals surface area contributed by atoms with Crippen LogP contribution in [-0.4, -0.2) is 58.4 Å². The maximum Gasteiger partial charge on any atom is 0.168 e. The first kappa shape index (κ1) is 21.2. The Bertz CT molecular complexity index is 968. The van der Waals surface area contributed by atoms with Crippen LogP contribution in [0.2, 0.25) is 0 Å². The summed E-state index contributed by atoms with van der Waals surface area (Å²) in [6.07, 6.45) is 2.01. The standard InChI is InChI=1S/C23H29FN6O/c1-3-6-22(29-15-13-28(14-16-29)21-8-5-4-7-20(21)24)23-25-26-27-30(23)17-18-9-11-19(31-2)12-10-18/h4-5,7-12,22H,3,6,13-17H2,1-2H3. The summed E-state index contributed by atoms with van der Waals surface area (Å²) in [7, 11) is 1.66. The molecule has 7 nitrogen and oxygen atoms in total. The van der Waals surface area contributed by atoms with Gasteiger partial charge in [-0.05, 0) is 46.7 Å². The Kier molecular flexibility index (Phi) is 6.76. The SMILES string of the molecule is CCCC(c1nnnn1Cc1ccc(OC)cc1)N1CCN(c2ccccc2F)CC1. The van der Waals surface area contributed by atoms with Gasteiger partial charge in [0, 0.05) is 26.2 Å². The summed E-state index contributed by atoms with van der Waals surface area (Å²) in [6, 6.07) is 15.1. The van der Waals surface area contributed by atoms with Gasteiger partial charge in [0.15, 0.2) is 5.82 Å². The smallest absolute Gasteiger partial charge is 0.168 e. The number of nitrogens with zero attached hydrogens (tertiary/aromatic N) is 6. The minimum atomic E-state index is -0.163. The Morgan fingerprint density at radius 3 is 2.45 bits per heavy atom. The molecule has 8 heteroatoms. The largest absolute Gasteiger partial charge is 0.497 e. The number of anilines is 1. The molecule has 4 rings (SSSR count).